The van der Waals surface area contributed by atoms with Crippen LogP contribution in [0, 0.1) is 0 Å². The van der Waals surface area contributed by atoms with Crippen LogP contribution in [0.5, 0.6) is 0 Å². The van der Waals surface area contributed by atoms with Gasteiger partial charge in [-0.25, -0.2) is 0 Å². The molecule has 1 heterocycles. The molecular formula is C10H19N3O2. The molecule has 2 amide bonds. The number of carbonyl (C=O) groups excluding carboxylic acids is 2. The van der Waals surface area contributed by atoms with Crippen molar-refractivity contribution in [2.75, 3.05) is 26.7 Å². The van der Waals surface area contributed by atoms with E-state index in [4.69, 9.17) is 0 Å². The molecule has 2 N–H and O–H groups in total. The molecule has 1 unspecified atom stereocenters. The molecule has 5 nitrogen and oxygen atoms in total. The SMILES string of the molecule is CC(=O)N(C)CC(=O)NCC1CCCN1. The first-order valence-electron chi connectivity index (χ1n) is 5.31. The van der Waals surface area contributed by atoms with Crippen LogP contribution >= 0.6 is 0 Å². The molecule has 0 bridgehead atoms. The second-order valence-electron chi connectivity index (χ2n) is 3.97. The predicted molar refractivity (Wildman–Crippen MR) is 57.3 cm³/mol. The van der Waals surface area contributed by atoms with Gasteiger partial charge in [0.1, 0.15) is 0 Å². The summed E-state index contributed by atoms with van der Waals surface area (Å²) in [6.45, 7) is 3.28. The number of hydrogen-bond acceptors (Lipinski definition) is 3. The van der Waals surface area contributed by atoms with E-state index >= 15 is 0 Å². The van der Waals surface area contributed by atoms with E-state index in [1.165, 1.54) is 18.2 Å². The first-order valence-corrected chi connectivity index (χ1v) is 5.31. The van der Waals surface area contributed by atoms with Crippen molar-refractivity contribution >= 4 is 11.8 Å². The summed E-state index contributed by atoms with van der Waals surface area (Å²) in [7, 11) is 1.62. The largest absolute Gasteiger partial charge is 0.353 e. The van der Waals surface area contributed by atoms with Crippen molar-refractivity contribution in [1.29, 1.82) is 0 Å². The highest BCUT2D eigenvalue weighted by atomic mass is 16.2. The van der Waals surface area contributed by atoms with Gasteiger partial charge < -0.3 is 15.5 Å². The van der Waals surface area contributed by atoms with Crippen LogP contribution in [0.15, 0.2) is 0 Å². The number of hydrogen-bond donors (Lipinski definition) is 2. The van der Waals surface area contributed by atoms with E-state index in [9.17, 15) is 9.59 Å². The number of nitrogens with one attached hydrogen (secondary N) is 2. The van der Waals surface area contributed by atoms with E-state index < -0.39 is 0 Å². The Labute approximate surface area is 90.2 Å². The summed E-state index contributed by atoms with van der Waals surface area (Å²) in [5.41, 5.74) is 0. The number of rotatable bonds is 4. The smallest absolute Gasteiger partial charge is 0.239 e. The van der Waals surface area contributed by atoms with Gasteiger partial charge in [-0.3, -0.25) is 9.59 Å². The molecule has 0 radical (unpaired) electrons. The molecule has 1 rings (SSSR count). The first kappa shape index (κ1) is 12.0. The van der Waals surface area contributed by atoms with Crippen LogP contribution in [0.25, 0.3) is 0 Å². The molecule has 1 saturated heterocycles. The standard InChI is InChI=1S/C10H19N3O2/c1-8(14)13(2)7-10(15)12-6-9-4-3-5-11-9/h9,11H,3-7H2,1-2H3,(H,12,15). The lowest BCUT2D eigenvalue weighted by molar-refractivity contribution is -0.133. The minimum absolute atomic E-state index is 0.0934. The summed E-state index contributed by atoms with van der Waals surface area (Å²) >= 11 is 0. The lowest BCUT2D eigenvalue weighted by Crippen LogP contribution is -2.42. The lowest BCUT2D eigenvalue weighted by atomic mass is 10.2. The minimum atomic E-state index is -0.0959. The van der Waals surface area contributed by atoms with Gasteiger partial charge in [0.05, 0.1) is 6.54 Å². The molecule has 86 valence electrons. The van der Waals surface area contributed by atoms with Crippen LogP contribution in [-0.4, -0.2) is 49.4 Å². The van der Waals surface area contributed by atoms with E-state index in [0.29, 0.717) is 12.6 Å². The Morgan fingerprint density at radius 3 is 2.80 bits per heavy atom. The Morgan fingerprint density at radius 2 is 2.27 bits per heavy atom. The van der Waals surface area contributed by atoms with Crippen LogP contribution in [-0.2, 0) is 9.59 Å². The molecule has 0 saturated carbocycles. The van der Waals surface area contributed by atoms with E-state index in [0.717, 1.165) is 13.0 Å². The van der Waals surface area contributed by atoms with Crippen molar-refractivity contribution in [3.05, 3.63) is 0 Å². The van der Waals surface area contributed by atoms with Gasteiger partial charge in [-0.1, -0.05) is 0 Å². The van der Waals surface area contributed by atoms with Crippen molar-refractivity contribution in [2.45, 2.75) is 25.8 Å². The van der Waals surface area contributed by atoms with E-state index in [2.05, 4.69) is 10.6 Å². The zero-order valence-electron chi connectivity index (χ0n) is 9.38. The normalized spacial score (nSPS) is 20.0. The quantitative estimate of drug-likeness (QED) is 0.651. The van der Waals surface area contributed by atoms with Crippen LogP contribution in [0.2, 0.25) is 0 Å². The molecule has 15 heavy (non-hydrogen) atoms. The molecule has 0 spiro atoms. The first-order chi connectivity index (χ1) is 7.09. The summed E-state index contributed by atoms with van der Waals surface area (Å²) in [4.78, 5) is 23.7. The maximum absolute atomic E-state index is 11.4. The fraction of sp³-hybridized carbons (Fsp3) is 0.800. The van der Waals surface area contributed by atoms with Gasteiger partial charge >= 0.3 is 0 Å². The molecule has 1 aliphatic rings. The average Bonchev–Trinajstić information content (AvgIpc) is 2.66. The summed E-state index contributed by atoms with van der Waals surface area (Å²) < 4.78 is 0. The minimum Gasteiger partial charge on any atom is -0.353 e. The second kappa shape index (κ2) is 5.70. The predicted octanol–water partition coefficient (Wildman–Crippen LogP) is -0.667. The highest BCUT2D eigenvalue weighted by Crippen LogP contribution is 2.02. The molecule has 1 atom stereocenters. The van der Waals surface area contributed by atoms with Gasteiger partial charge in [0, 0.05) is 26.6 Å². The Bertz CT molecular complexity index is 237. The number of amides is 2. The highest BCUT2D eigenvalue weighted by Gasteiger charge is 2.15. The van der Waals surface area contributed by atoms with Gasteiger partial charge in [-0.05, 0) is 19.4 Å². The van der Waals surface area contributed by atoms with E-state index in [1.807, 2.05) is 0 Å². The van der Waals surface area contributed by atoms with Gasteiger partial charge in [-0.15, -0.1) is 0 Å². The topological polar surface area (TPSA) is 61.4 Å². The van der Waals surface area contributed by atoms with Crippen molar-refractivity contribution < 1.29 is 9.59 Å². The molecule has 1 fully saturated rings. The zero-order chi connectivity index (χ0) is 11.3. The third kappa shape index (κ3) is 4.29. The van der Waals surface area contributed by atoms with Crippen LogP contribution in [0.1, 0.15) is 19.8 Å². The van der Waals surface area contributed by atoms with Gasteiger partial charge in [0.2, 0.25) is 11.8 Å². The molecule has 5 heteroatoms. The number of nitrogens with zero attached hydrogens (tertiary/aromatic N) is 1. The Kier molecular flexibility index (Phi) is 4.55. The maximum Gasteiger partial charge on any atom is 0.239 e. The monoisotopic (exact) mass is 213 g/mol. The Morgan fingerprint density at radius 1 is 1.53 bits per heavy atom. The fourth-order valence-corrected chi connectivity index (χ4v) is 1.55. The van der Waals surface area contributed by atoms with Crippen molar-refractivity contribution in [2.24, 2.45) is 0 Å². The molecule has 0 aromatic heterocycles. The molecular weight excluding hydrogens is 194 g/mol. The summed E-state index contributed by atoms with van der Waals surface area (Å²) in [5, 5.41) is 6.11. The lowest BCUT2D eigenvalue weighted by Gasteiger charge is -2.16. The van der Waals surface area contributed by atoms with Crippen LogP contribution < -0.4 is 10.6 Å². The van der Waals surface area contributed by atoms with Crippen molar-refractivity contribution in [3.8, 4) is 0 Å². The summed E-state index contributed by atoms with van der Waals surface area (Å²) in [6, 6.07) is 0.400. The van der Waals surface area contributed by atoms with E-state index in [1.54, 1.807) is 7.05 Å². The van der Waals surface area contributed by atoms with Crippen molar-refractivity contribution in [3.63, 3.8) is 0 Å². The van der Waals surface area contributed by atoms with Crippen LogP contribution in [0.3, 0.4) is 0 Å². The van der Waals surface area contributed by atoms with Gasteiger partial charge in [0.25, 0.3) is 0 Å². The third-order valence-corrected chi connectivity index (χ3v) is 2.63. The van der Waals surface area contributed by atoms with Gasteiger partial charge in [0.15, 0.2) is 0 Å². The third-order valence-electron chi connectivity index (χ3n) is 2.63. The van der Waals surface area contributed by atoms with Crippen molar-refractivity contribution in [1.82, 2.24) is 15.5 Å². The van der Waals surface area contributed by atoms with E-state index in [-0.39, 0.29) is 18.4 Å². The van der Waals surface area contributed by atoms with Crippen LogP contribution in [0.4, 0.5) is 0 Å². The molecule has 1 aliphatic heterocycles. The Hall–Kier alpha value is -1.10. The maximum atomic E-state index is 11.4. The van der Waals surface area contributed by atoms with Gasteiger partial charge in [-0.2, -0.15) is 0 Å². The Balaban J connectivity index is 2.15. The second-order valence-corrected chi connectivity index (χ2v) is 3.97. The fourth-order valence-electron chi connectivity index (χ4n) is 1.55. The molecule has 0 aromatic carbocycles. The average molecular weight is 213 g/mol. The zero-order valence-corrected chi connectivity index (χ0v) is 9.38. The highest BCUT2D eigenvalue weighted by molar-refractivity contribution is 5.83. The number of carbonyl (C=O) groups is 2. The molecule has 0 aliphatic carbocycles. The number of likely N-dealkylation sites (N-methyl/N-ethyl adjacent to an activating group) is 1. The molecule has 0 aromatic rings. The summed E-state index contributed by atoms with van der Waals surface area (Å²) in [5.74, 6) is -0.189. The summed E-state index contributed by atoms with van der Waals surface area (Å²) in [6.07, 6.45) is 2.29.